The van der Waals surface area contributed by atoms with Crippen molar-refractivity contribution in [3.63, 3.8) is 0 Å². The Labute approximate surface area is 177 Å². The lowest BCUT2D eigenvalue weighted by molar-refractivity contribution is -0.0757. The van der Waals surface area contributed by atoms with Crippen LogP contribution in [-0.2, 0) is 11.3 Å². The number of hydrogen-bond donors (Lipinski definition) is 2. The number of piperidine rings is 1. The zero-order valence-corrected chi connectivity index (χ0v) is 17.4. The van der Waals surface area contributed by atoms with Crippen LogP contribution < -0.4 is 16.2 Å². The normalized spacial score (nSPS) is 17.8. The molecule has 3 N–H and O–H groups in total. The lowest BCUT2D eigenvalue weighted by atomic mass is 10.1. The second-order valence-electron chi connectivity index (χ2n) is 7.38. The van der Waals surface area contributed by atoms with Crippen LogP contribution in [0.4, 0.5) is 5.95 Å². The van der Waals surface area contributed by atoms with Crippen LogP contribution in [0.5, 0.6) is 0 Å². The lowest BCUT2D eigenvalue weighted by Crippen LogP contribution is -2.45. The molecule has 1 aliphatic heterocycles. The van der Waals surface area contributed by atoms with Crippen molar-refractivity contribution in [2.24, 2.45) is 5.73 Å². The number of aromatic nitrogens is 2. The molecule has 1 saturated heterocycles. The summed E-state index contributed by atoms with van der Waals surface area (Å²) < 4.78 is 7.10. The van der Waals surface area contributed by atoms with Gasteiger partial charge in [-0.25, -0.2) is 4.98 Å². The van der Waals surface area contributed by atoms with E-state index in [4.69, 9.17) is 15.5 Å². The van der Waals surface area contributed by atoms with E-state index in [-0.39, 0.29) is 18.1 Å². The fraction of sp³-hybridized carbons (Fsp3) is 0.381. The van der Waals surface area contributed by atoms with Crippen molar-refractivity contribution in [2.45, 2.75) is 31.7 Å². The molecule has 1 fully saturated rings. The maximum Gasteiger partial charge on any atom is 0.273 e. The number of nitrogens with two attached hydrogens (primary N) is 1. The third-order valence-electron chi connectivity index (χ3n) is 5.38. The number of rotatable bonds is 5. The van der Waals surface area contributed by atoms with Gasteiger partial charge in [0.05, 0.1) is 23.7 Å². The van der Waals surface area contributed by atoms with Gasteiger partial charge in [-0.3, -0.25) is 9.36 Å². The van der Waals surface area contributed by atoms with Crippen LogP contribution in [0.3, 0.4) is 0 Å². The number of nitriles is 1. The standard InChI is InChI=1S/C21H23N5O3S/c1-29-20(28)16-12-30-18-17(16)24-21(25-8-4-7-15(23)11-25)26(19(18)27)10-14-6-3-2-5-13(14)9-22/h2-3,5-6,12,15,20,28H,4,7-8,10-11,23H2,1H3/t15-,20?/m1/s1. The molecule has 1 unspecified atom stereocenters. The molecule has 0 radical (unpaired) electrons. The van der Waals surface area contributed by atoms with E-state index in [1.165, 1.54) is 18.4 Å². The highest BCUT2D eigenvalue weighted by Gasteiger charge is 2.25. The van der Waals surface area contributed by atoms with Gasteiger partial charge in [-0.05, 0) is 24.5 Å². The Bertz CT molecular complexity index is 1170. The number of benzene rings is 1. The minimum Gasteiger partial charge on any atom is -0.364 e. The van der Waals surface area contributed by atoms with Gasteiger partial charge < -0.3 is 20.5 Å². The van der Waals surface area contributed by atoms with Gasteiger partial charge in [-0.2, -0.15) is 5.26 Å². The molecule has 3 heterocycles. The minimum absolute atomic E-state index is 0.00213. The summed E-state index contributed by atoms with van der Waals surface area (Å²) >= 11 is 1.23. The van der Waals surface area contributed by atoms with Crippen molar-refractivity contribution in [2.75, 3.05) is 25.1 Å². The molecule has 2 aromatic heterocycles. The third-order valence-corrected chi connectivity index (χ3v) is 6.36. The monoisotopic (exact) mass is 425 g/mol. The molecule has 2 atom stereocenters. The summed E-state index contributed by atoms with van der Waals surface area (Å²) in [6, 6.07) is 9.42. The van der Waals surface area contributed by atoms with Crippen LogP contribution in [-0.4, -0.2) is 40.9 Å². The highest BCUT2D eigenvalue weighted by molar-refractivity contribution is 7.17. The molecule has 1 aromatic carbocycles. The van der Waals surface area contributed by atoms with Crippen molar-refractivity contribution in [3.05, 3.63) is 56.7 Å². The van der Waals surface area contributed by atoms with E-state index < -0.39 is 6.29 Å². The zero-order chi connectivity index (χ0) is 21.3. The summed E-state index contributed by atoms with van der Waals surface area (Å²) in [4.78, 5) is 20.3. The van der Waals surface area contributed by atoms with E-state index in [0.29, 0.717) is 33.8 Å². The molecule has 0 spiro atoms. The quantitative estimate of drug-likeness (QED) is 0.600. The van der Waals surface area contributed by atoms with Crippen molar-refractivity contribution in [1.29, 1.82) is 5.26 Å². The Balaban J connectivity index is 1.91. The number of hydrogen-bond acceptors (Lipinski definition) is 8. The van der Waals surface area contributed by atoms with Gasteiger partial charge in [-0.1, -0.05) is 18.2 Å². The van der Waals surface area contributed by atoms with Gasteiger partial charge >= 0.3 is 0 Å². The van der Waals surface area contributed by atoms with Crippen LogP contribution in [0.2, 0.25) is 0 Å². The molecular weight excluding hydrogens is 402 g/mol. The van der Waals surface area contributed by atoms with Gasteiger partial charge in [0.2, 0.25) is 5.95 Å². The molecule has 0 amide bonds. The van der Waals surface area contributed by atoms with E-state index in [1.54, 1.807) is 22.1 Å². The molecule has 1 aliphatic rings. The second kappa shape index (κ2) is 8.53. The second-order valence-corrected chi connectivity index (χ2v) is 8.26. The van der Waals surface area contributed by atoms with Crippen molar-refractivity contribution >= 4 is 27.5 Å². The highest BCUT2D eigenvalue weighted by Crippen LogP contribution is 2.30. The molecular formula is C21H23N5O3S. The van der Waals surface area contributed by atoms with Gasteiger partial charge in [0.25, 0.3) is 5.56 Å². The van der Waals surface area contributed by atoms with Crippen molar-refractivity contribution in [1.82, 2.24) is 9.55 Å². The molecule has 0 aliphatic carbocycles. The van der Waals surface area contributed by atoms with Gasteiger partial charge in [0.15, 0.2) is 6.29 Å². The Morgan fingerprint density at radius 1 is 1.47 bits per heavy atom. The first-order chi connectivity index (χ1) is 14.5. The molecule has 0 saturated carbocycles. The van der Waals surface area contributed by atoms with Gasteiger partial charge in [0, 0.05) is 37.2 Å². The molecule has 156 valence electrons. The first kappa shape index (κ1) is 20.5. The van der Waals surface area contributed by atoms with Gasteiger partial charge in [-0.15, -0.1) is 11.3 Å². The maximum absolute atomic E-state index is 13.5. The summed E-state index contributed by atoms with van der Waals surface area (Å²) in [5.41, 5.74) is 8.16. The summed E-state index contributed by atoms with van der Waals surface area (Å²) in [7, 11) is 1.40. The number of anilines is 1. The molecule has 30 heavy (non-hydrogen) atoms. The molecule has 4 rings (SSSR count). The number of methoxy groups -OCH3 is 1. The Hall–Kier alpha value is -2.77. The average molecular weight is 426 g/mol. The SMILES string of the molecule is COC(O)c1csc2c(=O)n(Cc3ccccc3C#N)c(N3CCC[C@@H](N)C3)nc12. The van der Waals surface area contributed by atoms with Crippen LogP contribution in [0, 0.1) is 11.3 Å². The Kier molecular flexibility index (Phi) is 5.83. The van der Waals surface area contributed by atoms with E-state index in [9.17, 15) is 15.2 Å². The largest absolute Gasteiger partial charge is 0.364 e. The topological polar surface area (TPSA) is 117 Å². The number of thiophene rings is 1. The smallest absolute Gasteiger partial charge is 0.273 e. The maximum atomic E-state index is 13.5. The van der Waals surface area contributed by atoms with Crippen molar-refractivity contribution in [3.8, 4) is 6.07 Å². The zero-order valence-electron chi connectivity index (χ0n) is 16.6. The highest BCUT2D eigenvalue weighted by atomic mass is 32.1. The number of ether oxygens (including phenoxy) is 1. The average Bonchev–Trinajstić information content (AvgIpc) is 3.19. The summed E-state index contributed by atoms with van der Waals surface area (Å²) in [6.45, 7) is 1.55. The summed E-state index contributed by atoms with van der Waals surface area (Å²) in [6.07, 6.45) is 0.671. The van der Waals surface area contributed by atoms with Crippen LogP contribution in [0.15, 0.2) is 34.4 Å². The first-order valence-electron chi connectivity index (χ1n) is 9.74. The number of nitrogens with zero attached hydrogens (tertiary/aromatic N) is 4. The summed E-state index contributed by atoms with van der Waals surface area (Å²) in [5, 5.41) is 21.4. The van der Waals surface area contributed by atoms with Crippen LogP contribution >= 0.6 is 11.3 Å². The third kappa shape index (κ3) is 3.70. The van der Waals surface area contributed by atoms with E-state index in [2.05, 4.69) is 6.07 Å². The fourth-order valence-corrected chi connectivity index (χ4v) is 4.78. The first-order valence-corrected chi connectivity index (χ1v) is 10.6. The Morgan fingerprint density at radius 3 is 3.00 bits per heavy atom. The van der Waals surface area contributed by atoms with Gasteiger partial charge in [0.1, 0.15) is 4.70 Å². The minimum atomic E-state index is -1.16. The van der Waals surface area contributed by atoms with Crippen molar-refractivity contribution < 1.29 is 9.84 Å². The molecule has 3 aromatic rings. The summed E-state index contributed by atoms with van der Waals surface area (Å²) in [5.74, 6) is 0.498. The predicted octanol–water partition coefficient (Wildman–Crippen LogP) is 1.94. The van der Waals surface area contributed by atoms with Crippen LogP contribution in [0.1, 0.15) is 35.8 Å². The predicted molar refractivity (Wildman–Crippen MR) is 116 cm³/mol. The molecule has 8 nitrogen and oxygen atoms in total. The number of aliphatic hydroxyl groups is 1. The van der Waals surface area contributed by atoms with E-state index in [0.717, 1.165) is 24.9 Å². The molecule has 9 heteroatoms. The van der Waals surface area contributed by atoms with Crippen LogP contribution in [0.25, 0.3) is 10.2 Å². The lowest BCUT2D eigenvalue weighted by Gasteiger charge is -2.33. The number of fused-ring (bicyclic) bond motifs is 1. The molecule has 0 bridgehead atoms. The van der Waals surface area contributed by atoms with E-state index in [1.807, 2.05) is 17.0 Å². The fourth-order valence-electron chi connectivity index (χ4n) is 3.82. The number of aliphatic hydroxyl groups excluding tert-OH is 1. The Morgan fingerprint density at radius 2 is 2.27 bits per heavy atom. The van der Waals surface area contributed by atoms with E-state index >= 15 is 0 Å².